The summed E-state index contributed by atoms with van der Waals surface area (Å²) in [6, 6.07) is 17.3. The molecule has 0 N–H and O–H groups in total. The minimum Gasteiger partial charge on any atom is -0.543 e. The molecule has 0 saturated heterocycles. The van der Waals surface area contributed by atoms with E-state index in [0.29, 0.717) is 0 Å². The normalized spacial score (nSPS) is 14.3. The highest BCUT2D eigenvalue weighted by molar-refractivity contribution is 6.75. The third kappa shape index (κ3) is 6.04. The molecule has 1 atom stereocenters. The van der Waals surface area contributed by atoms with Gasteiger partial charge in [-0.15, -0.1) is 0 Å². The Morgan fingerprint density at radius 1 is 0.742 bits per heavy atom. The Labute approximate surface area is 193 Å². The van der Waals surface area contributed by atoms with Crippen LogP contribution in [0.15, 0.2) is 48.5 Å². The van der Waals surface area contributed by atoms with Gasteiger partial charge in [-0.1, -0.05) is 78.8 Å². The molecule has 0 bridgehead atoms. The molecule has 31 heavy (non-hydrogen) atoms. The average Bonchev–Trinajstić information content (AvgIpc) is 2.63. The number of hydrogen-bond donors (Lipinski definition) is 0. The lowest BCUT2D eigenvalue weighted by atomic mass is 9.88. The van der Waals surface area contributed by atoms with Gasteiger partial charge in [-0.2, -0.15) is 0 Å². The summed E-state index contributed by atoms with van der Waals surface area (Å²) in [5.74, 6) is 2.27. The maximum Gasteiger partial charge on any atom is 0.250 e. The van der Waals surface area contributed by atoms with Gasteiger partial charge in [-0.25, -0.2) is 0 Å². The van der Waals surface area contributed by atoms with Crippen molar-refractivity contribution in [2.24, 2.45) is 0 Å². The molecule has 0 aliphatic heterocycles. The van der Waals surface area contributed by atoms with E-state index in [1.807, 2.05) is 0 Å². The molecule has 0 saturated carbocycles. The van der Waals surface area contributed by atoms with E-state index in [-0.39, 0.29) is 16.0 Å². The van der Waals surface area contributed by atoms with Crippen LogP contribution in [0.5, 0.6) is 11.5 Å². The van der Waals surface area contributed by atoms with Crippen molar-refractivity contribution in [2.45, 2.75) is 97.1 Å². The summed E-state index contributed by atoms with van der Waals surface area (Å²) in [4.78, 5) is 0. The maximum absolute atomic E-state index is 6.85. The molecule has 0 aliphatic rings. The molecular formula is C27H44O2Si2. The van der Waals surface area contributed by atoms with Gasteiger partial charge >= 0.3 is 0 Å². The van der Waals surface area contributed by atoms with Crippen LogP contribution in [0.4, 0.5) is 0 Å². The zero-order chi connectivity index (χ0) is 23.7. The van der Waals surface area contributed by atoms with E-state index in [9.17, 15) is 0 Å². The molecule has 0 fully saturated rings. The van der Waals surface area contributed by atoms with Crippen LogP contribution in [0.25, 0.3) is 0 Å². The molecule has 0 aliphatic carbocycles. The molecule has 2 nitrogen and oxygen atoms in total. The van der Waals surface area contributed by atoms with Crippen molar-refractivity contribution in [3.8, 4) is 11.5 Å². The molecule has 2 rings (SSSR count). The van der Waals surface area contributed by atoms with Crippen LogP contribution < -0.4 is 8.85 Å². The Balaban J connectivity index is 2.58. The quantitative estimate of drug-likeness (QED) is 0.387. The lowest BCUT2D eigenvalue weighted by molar-refractivity contribution is 0.474. The summed E-state index contributed by atoms with van der Waals surface area (Å²) in [7, 11) is -3.88. The molecule has 0 aromatic heterocycles. The Kier molecular flexibility index (Phi) is 7.59. The fourth-order valence-corrected chi connectivity index (χ4v) is 5.22. The number of hydrogen-bond acceptors (Lipinski definition) is 2. The minimum atomic E-state index is -1.96. The van der Waals surface area contributed by atoms with E-state index in [0.717, 1.165) is 17.9 Å². The van der Waals surface area contributed by atoms with Crippen molar-refractivity contribution in [2.75, 3.05) is 0 Å². The highest BCUT2D eigenvalue weighted by atomic mass is 28.4. The fourth-order valence-electron chi connectivity index (χ4n) is 3.15. The second kappa shape index (κ2) is 9.15. The van der Waals surface area contributed by atoms with Gasteiger partial charge in [0.2, 0.25) is 16.6 Å². The third-order valence-corrected chi connectivity index (χ3v) is 16.0. The summed E-state index contributed by atoms with van der Waals surface area (Å²) in [6.07, 6.45) is 1.02. The van der Waals surface area contributed by atoms with E-state index in [2.05, 4.69) is 123 Å². The van der Waals surface area contributed by atoms with Gasteiger partial charge in [0.15, 0.2) is 0 Å². The van der Waals surface area contributed by atoms with Gasteiger partial charge in [0, 0.05) is 11.5 Å². The second-order valence-electron chi connectivity index (χ2n) is 11.8. The summed E-state index contributed by atoms with van der Waals surface area (Å²) in [5, 5.41) is 0.308. The molecule has 1 unspecified atom stereocenters. The number of rotatable bonds is 7. The van der Waals surface area contributed by atoms with Gasteiger partial charge in [-0.3, -0.25) is 0 Å². The van der Waals surface area contributed by atoms with Crippen LogP contribution in [0, 0.1) is 0 Å². The average molecular weight is 457 g/mol. The minimum absolute atomic E-state index is 0.148. The van der Waals surface area contributed by atoms with Gasteiger partial charge in [0.05, 0.1) is 0 Å². The van der Waals surface area contributed by atoms with E-state index in [4.69, 9.17) is 8.85 Å². The fraction of sp³-hybridized carbons (Fsp3) is 0.556. The summed E-state index contributed by atoms with van der Waals surface area (Å²) < 4.78 is 13.5. The highest BCUT2D eigenvalue weighted by Crippen LogP contribution is 2.44. The van der Waals surface area contributed by atoms with Crippen LogP contribution in [0.3, 0.4) is 0 Å². The van der Waals surface area contributed by atoms with Crippen LogP contribution in [0.1, 0.15) is 71.9 Å². The molecule has 0 spiro atoms. The smallest absolute Gasteiger partial charge is 0.250 e. The Morgan fingerprint density at radius 2 is 1.26 bits per heavy atom. The number of benzene rings is 2. The van der Waals surface area contributed by atoms with Crippen LogP contribution in [-0.2, 0) is 0 Å². The first-order valence-corrected chi connectivity index (χ1v) is 17.5. The maximum atomic E-state index is 6.85. The topological polar surface area (TPSA) is 18.5 Å². The second-order valence-corrected chi connectivity index (χ2v) is 21.2. The molecule has 0 heterocycles. The lowest BCUT2D eigenvalue weighted by Gasteiger charge is -2.38. The predicted molar refractivity (Wildman–Crippen MR) is 141 cm³/mol. The molecule has 0 radical (unpaired) electrons. The van der Waals surface area contributed by atoms with Crippen LogP contribution in [-0.4, -0.2) is 16.6 Å². The summed E-state index contributed by atoms with van der Waals surface area (Å²) in [5.41, 5.74) is 2.57. The van der Waals surface area contributed by atoms with Crippen molar-refractivity contribution in [3.05, 3.63) is 59.7 Å². The molecule has 4 heteroatoms. The first kappa shape index (κ1) is 25.7. The van der Waals surface area contributed by atoms with E-state index < -0.39 is 16.6 Å². The van der Waals surface area contributed by atoms with Crippen molar-refractivity contribution >= 4 is 16.6 Å². The zero-order valence-corrected chi connectivity index (χ0v) is 23.7. The third-order valence-electron chi connectivity index (χ3n) is 7.32. The molecular weight excluding hydrogens is 412 g/mol. The first-order chi connectivity index (χ1) is 14.1. The van der Waals surface area contributed by atoms with Gasteiger partial charge in [0.25, 0.3) is 0 Å². The van der Waals surface area contributed by atoms with Gasteiger partial charge in [0.1, 0.15) is 11.5 Å². The Bertz CT molecular complexity index is 859. The first-order valence-electron chi connectivity index (χ1n) is 11.7. The standard InChI is InChI=1S/C27H44O2Si2/c1-12-23(21-16-14-13-15-17-21)24-20-22(28-30(8,9)26(2,3)4)18-19-25(24)29-31(10,11)27(5,6)7/h13-20,23H,12H2,1-11H3. The van der Waals surface area contributed by atoms with Gasteiger partial charge in [-0.05, 0) is 66.4 Å². The van der Waals surface area contributed by atoms with E-state index >= 15 is 0 Å². The predicted octanol–water partition coefficient (Wildman–Crippen LogP) is 9.00. The molecule has 0 amide bonds. The zero-order valence-electron chi connectivity index (χ0n) is 21.7. The Morgan fingerprint density at radius 3 is 1.74 bits per heavy atom. The van der Waals surface area contributed by atoms with Gasteiger partial charge < -0.3 is 8.85 Å². The molecule has 2 aromatic rings. The van der Waals surface area contributed by atoms with Crippen LogP contribution >= 0.6 is 0 Å². The highest BCUT2D eigenvalue weighted by Gasteiger charge is 2.41. The van der Waals surface area contributed by atoms with E-state index in [1.165, 1.54) is 11.1 Å². The van der Waals surface area contributed by atoms with Crippen molar-refractivity contribution < 1.29 is 8.85 Å². The van der Waals surface area contributed by atoms with E-state index in [1.54, 1.807) is 0 Å². The Hall–Kier alpha value is -1.53. The lowest BCUT2D eigenvalue weighted by Crippen LogP contribution is -2.44. The van der Waals surface area contributed by atoms with Crippen molar-refractivity contribution in [3.63, 3.8) is 0 Å². The van der Waals surface area contributed by atoms with Crippen LogP contribution in [0.2, 0.25) is 36.3 Å². The largest absolute Gasteiger partial charge is 0.543 e. The monoisotopic (exact) mass is 456 g/mol. The molecule has 172 valence electrons. The SMILES string of the molecule is CCC(c1ccccc1)c1cc(O[Si](C)(C)C(C)(C)C)ccc1O[Si](C)(C)C(C)(C)C. The summed E-state index contributed by atoms with van der Waals surface area (Å²) >= 11 is 0. The summed E-state index contributed by atoms with van der Waals surface area (Å²) in [6.45, 7) is 25.3. The molecule has 2 aromatic carbocycles. The van der Waals surface area contributed by atoms with Crippen molar-refractivity contribution in [1.29, 1.82) is 0 Å². The van der Waals surface area contributed by atoms with Crippen molar-refractivity contribution in [1.82, 2.24) is 0 Å².